The van der Waals surface area contributed by atoms with Crippen molar-refractivity contribution in [3.8, 4) is 11.5 Å². The molecule has 2 aromatic rings. The number of anilines is 1. The topological polar surface area (TPSA) is 47.6 Å². The van der Waals surface area contributed by atoms with Crippen molar-refractivity contribution in [1.29, 1.82) is 0 Å². The first kappa shape index (κ1) is 17.4. The van der Waals surface area contributed by atoms with Crippen LogP contribution in [0.3, 0.4) is 0 Å². The molecule has 0 saturated carbocycles. The molecule has 1 N–H and O–H groups in total. The number of amides is 1. The highest BCUT2D eigenvalue weighted by atomic mass is 35.5. The van der Waals surface area contributed by atoms with Gasteiger partial charge in [0.1, 0.15) is 11.5 Å². The summed E-state index contributed by atoms with van der Waals surface area (Å²) in [7, 11) is 3.10. The summed E-state index contributed by atoms with van der Waals surface area (Å²) in [5.74, 6) is 1.04. The van der Waals surface area contributed by atoms with Gasteiger partial charge < -0.3 is 14.8 Å². The van der Waals surface area contributed by atoms with E-state index in [-0.39, 0.29) is 12.3 Å². The van der Waals surface area contributed by atoms with E-state index in [1.54, 1.807) is 50.6 Å². The van der Waals surface area contributed by atoms with Gasteiger partial charge in [0.15, 0.2) is 0 Å². The van der Waals surface area contributed by atoms with Crippen molar-refractivity contribution in [2.45, 2.75) is 12.8 Å². The number of hydrogen-bond acceptors (Lipinski definition) is 3. The molecule has 23 heavy (non-hydrogen) atoms. The number of benzene rings is 2. The molecule has 0 aliphatic heterocycles. The lowest BCUT2D eigenvalue weighted by Crippen LogP contribution is -2.13. The van der Waals surface area contributed by atoms with Crippen molar-refractivity contribution >= 4 is 34.8 Å². The number of carbonyl (C=O) groups excluding carboxylic acids is 1. The van der Waals surface area contributed by atoms with Gasteiger partial charge in [0.25, 0.3) is 0 Å². The van der Waals surface area contributed by atoms with Crippen molar-refractivity contribution in [1.82, 2.24) is 0 Å². The van der Waals surface area contributed by atoms with Gasteiger partial charge in [-0.05, 0) is 36.2 Å². The second kappa shape index (κ2) is 8.09. The Hall–Kier alpha value is -1.91. The molecule has 2 aromatic carbocycles. The first-order chi connectivity index (χ1) is 11.0. The number of rotatable bonds is 6. The van der Waals surface area contributed by atoms with Crippen molar-refractivity contribution < 1.29 is 14.3 Å². The van der Waals surface area contributed by atoms with Crippen LogP contribution >= 0.6 is 23.2 Å². The standard InChI is InChI=1S/C17H17Cl2NO3/c1-22-11-6-8-16(23-2)15(10-11)20-17(21)9-7-12-13(18)4-3-5-14(12)19/h3-6,8,10H,7,9H2,1-2H3,(H,20,21). The van der Waals surface area contributed by atoms with E-state index in [4.69, 9.17) is 32.7 Å². The monoisotopic (exact) mass is 353 g/mol. The maximum Gasteiger partial charge on any atom is 0.224 e. The fraction of sp³-hybridized carbons (Fsp3) is 0.235. The summed E-state index contributed by atoms with van der Waals surface area (Å²) in [6, 6.07) is 10.5. The van der Waals surface area contributed by atoms with E-state index in [1.807, 2.05) is 0 Å². The Morgan fingerprint density at radius 2 is 1.78 bits per heavy atom. The molecule has 0 aliphatic rings. The summed E-state index contributed by atoms with van der Waals surface area (Å²) in [6.07, 6.45) is 0.709. The van der Waals surface area contributed by atoms with E-state index in [0.29, 0.717) is 33.7 Å². The smallest absolute Gasteiger partial charge is 0.224 e. The molecule has 1 amide bonds. The molecule has 122 valence electrons. The Balaban J connectivity index is 2.05. The second-order valence-electron chi connectivity index (χ2n) is 4.81. The minimum absolute atomic E-state index is 0.160. The van der Waals surface area contributed by atoms with Gasteiger partial charge in [-0.25, -0.2) is 0 Å². The Morgan fingerprint density at radius 3 is 2.39 bits per heavy atom. The highest BCUT2D eigenvalue weighted by Crippen LogP contribution is 2.29. The van der Waals surface area contributed by atoms with Gasteiger partial charge in [-0.1, -0.05) is 29.3 Å². The van der Waals surface area contributed by atoms with Crippen LogP contribution in [0.25, 0.3) is 0 Å². The van der Waals surface area contributed by atoms with Crippen LogP contribution in [-0.4, -0.2) is 20.1 Å². The highest BCUT2D eigenvalue weighted by Gasteiger charge is 2.11. The Kier molecular flexibility index (Phi) is 6.13. The largest absolute Gasteiger partial charge is 0.497 e. The minimum atomic E-state index is -0.160. The summed E-state index contributed by atoms with van der Waals surface area (Å²) in [5, 5.41) is 3.93. The summed E-state index contributed by atoms with van der Waals surface area (Å²) >= 11 is 12.2. The van der Waals surface area contributed by atoms with Crippen molar-refractivity contribution in [3.63, 3.8) is 0 Å². The highest BCUT2D eigenvalue weighted by molar-refractivity contribution is 6.36. The Bertz CT molecular complexity index is 684. The number of halogens is 2. The summed E-state index contributed by atoms with van der Waals surface area (Å²) in [4.78, 5) is 12.2. The van der Waals surface area contributed by atoms with Crippen molar-refractivity contribution in [2.75, 3.05) is 19.5 Å². The number of hydrogen-bond donors (Lipinski definition) is 1. The third-order valence-corrected chi connectivity index (χ3v) is 4.05. The summed E-state index contributed by atoms with van der Waals surface area (Å²) in [5.41, 5.74) is 1.32. The number of nitrogens with one attached hydrogen (secondary N) is 1. The molecule has 0 aliphatic carbocycles. The molecule has 0 radical (unpaired) electrons. The zero-order chi connectivity index (χ0) is 16.8. The lowest BCUT2D eigenvalue weighted by Gasteiger charge is -2.12. The minimum Gasteiger partial charge on any atom is -0.497 e. The van der Waals surface area contributed by atoms with Gasteiger partial charge in [-0.2, -0.15) is 0 Å². The third kappa shape index (κ3) is 4.53. The average molecular weight is 354 g/mol. The van der Waals surface area contributed by atoms with Crippen LogP contribution < -0.4 is 14.8 Å². The van der Waals surface area contributed by atoms with E-state index in [2.05, 4.69) is 5.32 Å². The van der Waals surface area contributed by atoms with E-state index in [0.717, 1.165) is 5.56 Å². The molecule has 0 bridgehead atoms. The van der Waals surface area contributed by atoms with Crippen LogP contribution in [0.15, 0.2) is 36.4 Å². The first-order valence-electron chi connectivity index (χ1n) is 7.00. The van der Waals surface area contributed by atoms with Gasteiger partial charge in [0.05, 0.1) is 19.9 Å². The first-order valence-corrected chi connectivity index (χ1v) is 7.75. The van der Waals surface area contributed by atoms with Gasteiger partial charge in [0, 0.05) is 22.5 Å². The van der Waals surface area contributed by atoms with E-state index in [9.17, 15) is 4.79 Å². The fourth-order valence-electron chi connectivity index (χ4n) is 2.13. The van der Waals surface area contributed by atoms with Gasteiger partial charge >= 0.3 is 0 Å². The van der Waals surface area contributed by atoms with Crippen molar-refractivity contribution in [3.05, 3.63) is 52.0 Å². The van der Waals surface area contributed by atoms with Gasteiger partial charge in [-0.3, -0.25) is 4.79 Å². The molecule has 0 fully saturated rings. The number of carbonyl (C=O) groups is 1. The molecular formula is C17H17Cl2NO3. The average Bonchev–Trinajstić information content (AvgIpc) is 2.54. The zero-order valence-electron chi connectivity index (χ0n) is 12.9. The molecule has 0 aromatic heterocycles. The number of ether oxygens (including phenoxy) is 2. The quantitative estimate of drug-likeness (QED) is 0.826. The predicted molar refractivity (Wildman–Crippen MR) is 93.0 cm³/mol. The van der Waals surface area contributed by atoms with Crippen LogP contribution in [0.5, 0.6) is 11.5 Å². The lowest BCUT2D eigenvalue weighted by molar-refractivity contribution is -0.116. The Morgan fingerprint density at radius 1 is 1.09 bits per heavy atom. The molecule has 6 heteroatoms. The summed E-state index contributed by atoms with van der Waals surface area (Å²) in [6.45, 7) is 0. The molecule has 0 spiro atoms. The molecule has 4 nitrogen and oxygen atoms in total. The van der Waals surface area contributed by atoms with Crippen LogP contribution in [0, 0.1) is 0 Å². The van der Waals surface area contributed by atoms with Crippen LogP contribution in [0.1, 0.15) is 12.0 Å². The normalized spacial score (nSPS) is 10.3. The molecule has 0 saturated heterocycles. The maximum absolute atomic E-state index is 12.2. The molecular weight excluding hydrogens is 337 g/mol. The lowest BCUT2D eigenvalue weighted by atomic mass is 10.1. The zero-order valence-corrected chi connectivity index (χ0v) is 14.4. The van der Waals surface area contributed by atoms with Gasteiger partial charge in [-0.15, -0.1) is 0 Å². The molecule has 0 unspecified atom stereocenters. The number of methoxy groups -OCH3 is 2. The Labute approximate surface area is 145 Å². The van der Waals surface area contributed by atoms with Gasteiger partial charge in [0.2, 0.25) is 5.91 Å². The molecule has 0 atom stereocenters. The summed E-state index contributed by atoms with van der Waals surface area (Å²) < 4.78 is 10.4. The van der Waals surface area contributed by atoms with Crippen LogP contribution in [-0.2, 0) is 11.2 Å². The van der Waals surface area contributed by atoms with Crippen molar-refractivity contribution in [2.24, 2.45) is 0 Å². The van der Waals surface area contributed by atoms with E-state index >= 15 is 0 Å². The SMILES string of the molecule is COc1ccc(OC)c(NC(=O)CCc2c(Cl)cccc2Cl)c1. The molecule has 0 heterocycles. The van der Waals surface area contributed by atoms with E-state index < -0.39 is 0 Å². The maximum atomic E-state index is 12.2. The molecule has 2 rings (SSSR count). The third-order valence-electron chi connectivity index (χ3n) is 3.34. The second-order valence-corrected chi connectivity index (χ2v) is 5.63. The predicted octanol–water partition coefficient (Wildman–Crippen LogP) is 4.58. The van der Waals surface area contributed by atoms with Crippen LogP contribution in [0.2, 0.25) is 10.0 Å². The van der Waals surface area contributed by atoms with E-state index in [1.165, 1.54) is 0 Å². The fourth-order valence-corrected chi connectivity index (χ4v) is 2.72. The van der Waals surface area contributed by atoms with Crippen LogP contribution in [0.4, 0.5) is 5.69 Å².